The minimum Gasteiger partial charge on any atom is -0.340 e. The van der Waals surface area contributed by atoms with Crippen molar-refractivity contribution in [3.8, 4) is 0 Å². The minimum absolute atomic E-state index is 0.188. The van der Waals surface area contributed by atoms with Crippen molar-refractivity contribution in [2.24, 2.45) is 0 Å². The van der Waals surface area contributed by atoms with Crippen molar-refractivity contribution >= 4 is 33.2 Å². The van der Waals surface area contributed by atoms with Gasteiger partial charge >= 0.3 is 0 Å². The number of nitrogens with zero attached hydrogens (tertiary/aromatic N) is 2. The number of rotatable bonds is 7. The summed E-state index contributed by atoms with van der Waals surface area (Å²) in [6, 6.07) is 14.8. The molecule has 0 saturated carbocycles. The third-order valence-electron chi connectivity index (χ3n) is 4.44. The van der Waals surface area contributed by atoms with Crippen LogP contribution in [0, 0.1) is 6.92 Å². The van der Waals surface area contributed by atoms with Gasteiger partial charge in [-0.05, 0) is 70.0 Å². The Hall–Kier alpha value is -2.97. The number of benzene rings is 2. The van der Waals surface area contributed by atoms with Crippen LogP contribution in [-0.4, -0.2) is 23.9 Å². The van der Waals surface area contributed by atoms with E-state index in [1.807, 2.05) is 19.1 Å². The van der Waals surface area contributed by atoms with Crippen LogP contribution in [0.3, 0.4) is 0 Å². The molecule has 0 amide bonds. The van der Waals surface area contributed by atoms with Gasteiger partial charge in [-0.3, -0.25) is 0 Å². The number of hydrogen-bond donors (Lipinski definition) is 3. The second-order valence-corrected chi connectivity index (χ2v) is 10.1. The summed E-state index contributed by atoms with van der Waals surface area (Å²) < 4.78 is 28.0. The second kappa shape index (κ2) is 9.03. The molecule has 7 nitrogen and oxygen atoms in total. The maximum atomic E-state index is 12.6. The first-order valence-electron chi connectivity index (χ1n) is 10.2. The van der Waals surface area contributed by atoms with Gasteiger partial charge in [0.15, 0.2) is 0 Å². The molecule has 0 saturated heterocycles. The molecule has 0 radical (unpaired) electrons. The zero-order chi connectivity index (χ0) is 22.6. The van der Waals surface area contributed by atoms with Gasteiger partial charge in [0.1, 0.15) is 5.82 Å². The van der Waals surface area contributed by atoms with Gasteiger partial charge in [0, 0.05) is 28.7 Å². The molecule has 0 atom stereocenters. The Labute approximate surface area is 184 Å². The molecule has 3 aromatic rings. The monoisotopic (exact) mass is 439 g/mol. The van der Waals surface area contributed by atoms with Crippen LogP contribution < -0.4 is 15.4 Å². The highest BCUT2D eigenvalue weighted by molar-refractivity contribution is 7.89. The Balaban J connectivity index is 1.82. The highest BCUT2D eigenvalue weighted by Crippen LogP contribution is 2.23. The summed E-state index contributed by atoms with van der Waals surface area (Å²) >= 11 is 0. The number of hydrogen-bond acceptors (Lipinski definition) is 6. The van der Waals surface area contributed by atoms with Crippen LogP contribution in [0.5, 0.6) is 0 Å². The van der Waals surface area contributed by atoms with E-state index in [-0.39, 0.29) is 4.90 Å². The highest BCUT2D eigenvalue weighted by Gasteiger charge is 2.22. The summed E-state index contributed by atoms with van der Waals surface area (Å²) in [6.07, 6.45) is 2.70. The molecule has 3 N–H and O–H groups in total. The fraction of sp³-hybridized carbons (Fsp3) is 0.304. The molecule has 0 unspecified atom stereocenters. The van der Waals surface area contributed by atoms with Crippen molar-refractivity contribution in [1.82, 2.24) is 14.7 Å². The molecule has 0 aliphatic heterocycles. The van der Waals surface area contributed by atoms with Crippen LogP contribution in [0.2, 0.25) is 0 Å². The lowest BCUT2D eigenvalue weighted by Gasteiger charge is -2.20. The summed E-state index contributed by atoms with van der Waals surface area (Å²) in [5, 5.41) is 6.41. The van der Waals surface area contributed by atoms with E-state index in [9.17, 15) is 8.42 Å². The molecule has 0 bridgehead atoms. The van der Waals surface area contributed by atoms with Crippen LogP contribution in [0.15, 0.2) is 59.6 Å². The molecule has 0 spiro atoms. The number of aromatic nitrogens is 2. The number of nitrogens with one attached hydrogen (secondary N) is 3. The van der Waals surface area contributed by atoms with E-state index < -0.39 is 15.6 Å². The Morgan fingerprint density at radius 1 is 0.968 bits per heavy atom. The summed E-state index contributed by atoms with van der Waals surface area (Å²) in [4.78, 5) is 9.09. The molecule has 2 aromatic carbocycles. The van der Waals surface area contributed by atoms with Gasteiger partial charge in [0.25, 0.3) is 0 Å². The molecule has 31 heavy (non-hydrogen) atoms. The standard InChI is InChI=1S/C23H29N5O2S/c1-6-17-10-12-18(13-11-17)26-22-24-15-16(2)21(27-22)25-19-8-7-9-20(14-19)31(29,30)28-23(3,4)5/h7-15,28H,6H2,1-5H3,(H2,24,25,26,27). The first kappa shape index (κ1) is 22.7. The predicted molar refractivity (Wildman–Crippen MR) is 126 cm³/mol. The minimum atomic E-state index is -3.63. The quantitative estimate of drug-likeness (QED) is 0.484. The van der Waals surface area contributed by atoms with E-state index in [0.717, 1.165) is 17.7 Å². The Kier molecular flexibility index (Phi) is 6.62. The van der Waals surface area contributed by atoms with E-state index in [0.29, 0.717) is 17.5 Å². The van der Waals surface area contributed by atoms with Crippen molar-refractivity contribution in [3.05, 3.63) is 65.9 Å². The SMILES string of the molecule is CCc1ccc(Nc2ncc(C)c(Nc3cccc(S(=O)(=O)NC(C)(C)C)c3)n2)cc1. The Morgan fingerprint density at radius 2 is 1.68 bits per heavy atom. The molecule has 0 fully saturated rings. The van der Waals surface area contributed by atoms with Gasteiger partial charge in [-0.15, -0.1) is 0 Å². The van der Waals surface area contributed by atoms with Crippen LogP contribution in [0.25, 0.3) is 0 Å². The topological polar surface area (TPSA) is 96.0 Å². The summed E-state index contributed by atoms with van der Waals surface area (Å²) in [6.45, 7) is 9.43. The second-order valence-electron chi connectivity index (χ2n) is 8.41. The summed E-state index contributed by atoms with van der Waals surface area (Å²) in [5.74, 6) is 1.05. The lowest BCUT2D eigenvalue weighted by Crippen LogP contribution is -2.40. The van der Waals surface area contributed by atoms with Gasteiger partial charge in [0.2, 0.25) is 16.0 Å². The summed E-state index contributed by atoms with van der Waals surface area (Å²) in [5.41, 5.74) is 3.05. The smallest absolute Gasteiger partial charge is 0.241 e. The van der Waals surface area contributed by atoms with Gasteiger partial charge in [0.05, 0.1) is 4.90 Å². The van der Waals surface area contributed by atoms with Gasteiger partial charge in [-0.2, -0.15) is 4.98 Å². The van der Waals surface area contributed by atoms with E-state index in [2.05, 4.69) is 44.4 Å². The van der Waals surface area contributed by atoms with E-state index in [1.165, 1.54) is 5.56 Å². The molecular formula is C23H29N5O2S. The molecule has 164 valence electrons. The molecule has 8 heteroatoms. The predicted octanol–water partition coefficient (Wildman–Crippen LogP) is 4.91. The van der Waals surface area contributed by atoms with E-state index in [1.54, 1.807) is 51.2 Å². The zero-order valence-corrected chi connectivity index (χ0v) is 19.3. The normalized spacial score (nSPS) is 11.9. The van der Waals surface area contributed by atoms with Crippen molar-refractivity contribution in [2.75, 3.05) is 10.6 Å². The van der Waals surface area contributed by atoms with Crippen LogP contribution in [0.1, 0.15) is 38.8 Å². The van der Waals surface area contributed by atoms with Gasteiger partial charge < -0.3 is 10.6 Å². The molecular weight excluding hydrogens is 410 g/mol. The van der Waals surface area contributed by atoms with Crippen molar-refractivity contribution in [1.29, 1.82) is 0 Å². The lowest BCUT2D eigenvalue weighted by molar-refractivity contribution is 0.491. The van der Waals surface area contributed by atoms with E-state index in [4.69, 9.17) is 0 Å². The average Bonchev–Trinajstić information content (AvgIpc) is 2.69. The fourth-order valence-electron chi connectivity index (χ4n) is 2.92. The fourth-order valence-corrected chi connectivity index (χ4v) is 4.39. The zero-order valence-electron chi connectivity index (χ0n) is 18.5. The van der Waals surface area contributed by atoms with Gasteiger partial charge in [-0.1, -0.05) is 25.1 Å². The van der Waals surface area contributed by atoms with Gasteiger partial charge in [-0.25, -0.2) is 18.1 Å². The molecule has 3 rings (SSSR count). The van der Waals surface area contributed by atoms with Crippen molar-refractivity contribution in [3.63, 3.8) is 0 Å². The molecule has 0 aliphatic carbocycles. The highest BCUT2D eigenvalue weighted by atomic mass is 32.2. The number of anilines is 4. The molecule has 0 aliphatic rings. The average molecular weight is 440 g/mol. The number of aryl methyl sites for hydroxylation is 2. The first-order valence-corrected chi connectivity index (χ1v) is 11.6. The third kappa shape index (κ3) is 6.26. The van der Waals surface area contributed by atoms with Crippen LogP contribution in [-0.2, 0) is 16.4 Å². The Bertz CT molecular complexity index is 1150. The van der Waals surface area contributed by atoms with Crippen molar-refractivity contribution in [2.45, 2.75) is 51.5 Å². The van der Waals surface area contributed by atoms with Crippen molar-refractivity contribution < 1.29 is 8.42 Å². The van der Waals surface area contributed by atoms with Crippen LogP contribution in [0.4, 0.5) is 23.1 Å². The largest absolute Gasteiger partial charge is 0.340 e. The number of sulfonamides is 1. The molecule has 1 heterocycles. The third-order valence-corrected chi connectivity index (χ3v) is 6.19. The molecule has 1 aromatic heterocycles. The first-order chi connectivity index (χ1) is 14.6. The van der Waals surface area contributed by atoms with E-state index >= 15 is 0 Å². The lowest BCUT2D eigenvalue weighted by atomic mass is 10.1. The summed E-state index contributed by atoms with van der Waals surface area (Å²) in [7, 11) is -3.63. The maximum absolute atomic E-state index is 12.6. The maximum Gasteiger partial charge on any atom is 0.241 e. The van der Waals surface area contributed by atoms with Crippen LogP contribution >= 0.6 is 0 Å². The Morgan fingerprint density at radius 3 is 2.32 bits per heavy atom.